The number of hydrogen-bond acceptors (Lipinski definition) is 4. The summed E-state index contributed by atoms with van der Waals surface area (Å²) >= 11 is 0. The Morgan fingerprint density at radius 2 is 2.05 bits per heavy atom. The van der Waals surface area contributed by atoms with Gasteiger partial charge in [0.15, 0.2) is 0 Å². The van der Waals surface area contributed by atoms with Crippen molar-refractivity contribution < 1.29 is 14.7 Å². The monoisotopic (exact) mass is 274 g/mol. The number of carboxylic acid groups (broad SMARTS) is 1. The molecule has 0 radical (unpaired) electrons. The summed E-state index contributed by atoms with van der Waals surface area (Å²) in [5.74, 6) is -1.32. The molecule has 2 aromatic rings. The maximum absolute atomic E-state index is 11.9. The summed E-state index contributed by atoms with van der Waals surface area (Å²) in [6, 6.07) is 8.65. The van der Waals surface area contributed by atoms with Crippen LogP contribution in [-0.2, 0) is 15.0 Å². The number of nitrogens with one attached hydrogen (secondary N) is 2. The number of aromatic amines is 1. The van der Waals surface area contributed by atoms with Gasteiger partial charge < -0.3 is 5.11 Å². The van der Waals surface area contributed by atoms with E-state index in [9.17, 15) is 14.7 Å². The molecule has 104 valence electrons. The van der Waals surface area contributed by atoms with Crippen LogP contribution in [0.5, 0.6) is 0 Å². The average molecular weight is 274 g/mol. The van der Waals surface area contributed by atoms with Crippen LogP contribution in [0.2, 0.25) is 0 Å². The third kappa shape index (κ3) is 2.82. The Morgan fingerprint density at radius 1 is 1.35 bits per heavy atom. The van der Waals surface area contributed by atoms with Crippen LogP contribution in [0.25, 0.3) is 0 Å². The van der Waals surface area contributed by atoms with Crippen molar-refractivity contribution in [1.82, 2.24) is 15.2 Å². The number of amides is 1. The summed E-state index contributed by atoms with van der Waals surface area (Å²) in [5.41, 5.74) is -0.731. The van der Waals surface area contributed by atoms with Gasteiger partial charge in [-0.25, -0.2) is 5.10 Å². The molecule has 1 heterocycles. The molecule has 2 rings (SSSR count). The first-order valence-electron chi connectivity index (χ1n) is 5.96. The van der Waals surface area contributed by atoms with E-state index in [-0.39, 0.29) is 12.4 Å². The zero-order valence-corrected chi connectivity index (χ0v) is 10.8. The number of carbonyl (C=O) groups is 2. The molecule has 0 fully saturated rings. The van der Waals surface area contributed by atoms with Crippen LogP contribution in [0.15, 0.2) is 36.7 Å². The van der Waals surface area contributed by atoms with Gasteiger partial charge in [-0.2, -0.15) is 10.1 Å². The van der Waals surface area contributed by atoms with E-state index >= 15 is 0 Å². The number of carbonyl (C=O) groups excluding carboxylic acids is 1. The SMILES string of the molecule is CC(CC(=O)Nc1ncn[nH]1)(C(=O)O)c1ccccc1. The van der Waals surface area contributed by atoms with Gasteiger partial charge in [0, 0.05) is 6.42 Å². The molecule has 0 saturated heterocycles. The summed E-state index contributed by atoms with van der Waals surface area (Å²) in [4.78, 5) is 27.2. The Balaban J connectivity index is 2.18. The summed E-state index contributed by atoms with van der Waals surface area (Å²) < 4.78 is 0. The van der Waals surface area contributed by atoms with Gasteiger partial charge in [0.05, 0.1) is 5.41 Å². The van der Waals surface area contributed by atoms with Gasteiger partial charge in [0.25, 0.3) is 0 Å². The first kappa shape index (κ1) is 13.7. The minimum Gasteiger partial charge on any atom is -0.481 e. The minimum atomic E-state index is -1.30. The van der Waals surface area contributed by atoms with Crippen molar-refractivity contribution in [3.05, 3.63) is 42.2 Å². The smallest absolute Gasteiger partial charge is 0.314 e. The van der Waals surface area contributed by atoms with Crippen molar-refractivity contribution in [2.75, 3.05) is 5.32 Å². The number of rotatable bonds is 5. The van der Waals surface area contributed by atoms with Gasteiger partial charge in [0.1, 0.15) is 6.33 Å². The molecule has 0 aliphatic rings. The fraction of sp³-hybridized carbons (Fsp3) is 0.231. The quantitative estimate of drug-likeness (QED) is 0.758. The van der Waals surface area contributed by atoms with Crippen LogP contribution < -0.4 is 5.32 Å². The molecule has 0 aliphatic carbocycles. The maximum atomic E-state index is 11.9. The van der Waals surface area contributed by atoms with Crippen LogP contribution in [0, 0.1) is 0 Å². The number of benzene rings is 1. The molecule has 3 N–H and O–H groups in total. The molecule has 7 heteroatoms. The average Bonchev–Trinajstić information content (AvgIpc) is 2.92. The van der Waals surface area contributed by atoms with Crippen LogP contribution >= 0.6 is 0 Å². The minimum absolute atomic E-state index is 0.191. The lowest BCUT2D eigenvalue weighted by Crippen LogP contribution is -2.36. The lowest BCUT2D eigenvalue weighted by molar-refractivity contribution is -0.145. The molecule has 1 amide bonds. The van der Waals surface area contributed by atoms with Crippen LogP contribution in [0.1, 0.15) is 18.9 Å². The number of carboxylic acids is 1. The predicted molar refractivity (Wildman–Crippen MR) is 71.1 cm³/mol. The molecular weight excluding hydrogens is 260 g/mol. The third-order valence-corrected chi connectivity index (χ3v) is 3.07. The lowest BCUT2D eigenvalue weighted by Gasteiger charge is -2.24. The summed E-state index contributed by atoms with van der Waals surface area (Å²) in [7, 11) is 0. The highest BCUT2D eigenvalue weighted by Crippen LogP contribution is 2.28. The van der Waals surface area contributed by atoms with E-state index in [0.29, 0.717) is 5.56 Å². The highest BCUT2D eigenvalue weighted by Gasteiger charge is 2.37. The maximum Gasteiger partial charge on any atom is 0.314 e. The summed E-state index contributed by atoms with van der Waals surface area (Å²) in [6.07, 6.45) is 1.05. The van der Waals surface area contributed by atoms with E-state index in [2.05, 4.69) is 20.5 Å². The molecule has 20 heavy (non-hydrogen) atoms. The van der Waals surface area contributed by atoms with Gasteiger partial charge in [-0.15, -0.1) is 0 Å². The molecular formula is C13H14N4O3. The van der Waals surface area contributed by atoms with Gasteiger partial charge in [0.2, 0.25) is 11.9 Å². The van der Waals surface area contributed by atoms with E-state index < -0.39 is 17.3 Å². The van der Waals surface area contributed by atoms with Gasteiger partial charge >= 0.3 is 5.97 Å². The molecule has 0 saturated carbocycles. The van der Waals surface area contributed by atoms with Crippen LogP contribution in [0.4, 0.5) is 5.95 Å². The Labute approximate surface area is 115 Å². The molecule has 0 spiro atoms. The van der Waals surface area contributed by atoms with E-state index in [4.69, 9.17) is 0 Å². The van der Waals surface area contributed by atoms with Crippen molar-refractivity contribution in [2.24, 2.45) is 0 Å². The lowest BCUT2D eigenvalue weighted by atomic mass is 9.79. The second-order valence-electron chi connectivity index (χ2n) is 4.56. The Hall–Kier alpha value is -2.70. The van der Waals surface area contributed by atoms with Crippen LogP contribution in [0.3, 0.4) is 0 Å². The molecule has 1 atom stereocenters. The zero-order valence-electron chi connectivity index (χ0n) is 10.8. The number of H-pyrrole nitrogens is 1. The normalized spacial score (nSPS) is 13.4. The topological polar surface area (TPSA) is 108 Å². The first-order valence-corrected chi connectivity index (χ1v) is 5.96. The van der Waals surface area contributed by atoms with Crippen molar-refractivity contribution >= 4 is 17.8 Å². The highest BCUT2D eigenvalue weighted by atomic mass is 16.4. The van der Waals surface area contributed by atoms with Gasteiger partial charge in [-0.05, 0) is 12.5 Å². The van der Waals surface area contributed by atoms with Gasteiger partial charge in [-0.3, -0.25) is 14.9 Å². The second kappa shape index (κ2) is 5.52. The molecule has 1 aromatic heterocycles. The summed E-state index contributed by atoms with van der Waals surface area (Å²) in [5, 5.41) is 18.0. The van der Waals surface area contributed by atoms with E-state index in [1.54, 1.807) is 30.3 Å². The largest absolute Gasteiger partial charge is 0.481 e. The van der Waals surface area contributed by atoms with Gasteiger partial charge in [-0.1, -0.05) is 30.3 Å². The molecule has 1 aromatic carbocycles. The number of hydrogen-bond donors (Lipinski definition) is 3. The molecule has 1 unspecified atom stereocenters. The molecule has 7 nitrogen and oxygen atoms in total. The third-order valence-electron chi connectivity index (χ3n) is 3.07. The van der Waals surface area contributed by atoms with E-state index in [1.807, 2.05) is 0 Å². The fourth-order valence-electron chi connectivity index (χ4n) is 1.87. The predicted octanol–water partition coefficient (Wildman–Crippen LogP) is 1.18. The van der Waals surface area contributed by atoms with E-state index in [1.165, 1.54) is 13.3 Å². The number of aliphatic carboxylic acids is 1. The zero-order chi connectivity index (χ0) is 14.6. The second-order valence-corrected chi connectivity index (χ2v) is 4.56. The van der Waals surface area contributed by atoms with Crippen LogP contribution in [-0.4, -0.2) is 32.2 Å². The molecule has 0 aliphatic heterocycles. The Morgan fingerprint density at radius 3 is 2.60 bits per heavy atom. The van der Waals surface area contributed by atoms with Crippen molar-refractivity contribution in [3.63, 3.8) is 0 Å². The highest BCUT2D eigenvalue weighted by molar-refractivity contribution is 5.95. The fourth-order valence-corrected chi connectivity index (χ4v) is 1.87. The Bertz CT molecular complexity index is 597. The molecule has 0 bridgehead atoms. The van der Waals surface area contributed by atoms with Crippen molar-refractivity contribution in [2.45, 2.75) is 18.8 Å². The summed E-state index contributed by atoms with van der Waals surface area (Å²) in [6.45, 7) is 1.52. The van der Waals surface area contributed by atoms with Crippen molar-refractivity contribution in [3.8, 4) is 0 Å². The number of aromatic nitrogens is 3. The van der Waals surface area contributed by atoms with Crippen molar-refractivity contribution in [1.29, 1.82) is 0 Å². The first-order chi connectivity index (χ1) is 9.52. The number of nitrogens with zero attached hydrogens (tertiary/aromatic N) is 2. The van der Waals surface area contributed by atoms with E-state index in [0.717, 1.165) is 0 Å². The Kier molecular flexibility index (Phi) is 3.79. The number of anilines is 1. The standard InChI is InChI=1S/C13H14N4O3/c1-13(11(19)20,9-5-3-2-4-6-9)7-10(18)16-12-14-8-15-17-12/h2-6,8H,7H2,1H3,(H,19,20)(H2,14,15,16,17,18).